The highest BCUT2D eigenvalue weighted by Gasteiger charge is 2.16. The number of amides is 1. The number of carbonyl (C=O) groups is 1. The molecule has 124 valence electrons. The van der Waals surface area contributed by atoms with Crippen LogP contribution in [-0.2, 0) is 6.54 Å². The van der Waals surface area contributed by atoms with Gasteiger partial charge in [0.05, 0.1) is 0 Å². The van der Waals surface area contributed by atoms with Crippen molar-refractivity contribution in [2.45, 2.75) is 19.9 Å². The van der Waals surface area contributed by atoms with Crippen molar-refractivity contribution in [1.29, 1.82) is 0 Å². The molecule has 2 rings (SSSR count). The van der Waals surface area contributed by atoms with E-state index < -0.39 is 0 Å². The Balaban J connectivity index is 0.00000264. The van der Waals surface area contributed by atoms with Gasteiger partial charge in [-0.25, -0.2) is 4.39 Å². The average Bonchev–Trinajstić information content (AvgIpc) is 2.54. The number of nitrogens with two attached hydrogens (primary N) is 1. The third kappa shape index (κ3) is 5.34. The SMILES string of the molecule is Cc1ccc(C(=O)N(CCCN)Cc2ccccc2)cc1F.Cl. The molecule has 5 heteroatoms. The van der Waals surface area contributed by atoms with E-state index in [0.29, 0.717) is 37.2 Å². The summed E-state index contributed by atoms with van der Waals surface area (Å²) in [6.45, 7) is 3.25. The largest absolute Gasteiger partial charge is 0.334 e. The van der Waals surface area contributed by atoms with Crippen molar-refractivity contribution in [2.75, 3.05) is 13.1 Å². The van der Waals surface area contributed by atoms with Gasteiger partial charge in [-0.3, -0.25) is 4.79 Å². The maximum atomic E-state index is 13.7. The van der Waals surface area contributed by atoms with Gasteiger partial charge in [0.15, 0.2) is 0 Å². The molecule has 2 N–H and O–H groups in total. The Morgan fingerprint density at radius 2 is 1.87 bits per heavy atom. The number of hydrogen-bond donors (Lipinski definition) is 1. The number of benzene rings is 2. The van der Waals surface area contributed by atoms with E-state index in [2.05, 4.69) is 0 Å². The van der Waals surface area contributed by atoms with Crippen LogP contribution in [0.2, 0.25) is 0 Å². The van der Waals surface area contributed by atoms with E-state index in [-0.39, 0.29) is 24.1 Å². The van der Waals surface area contributed by atoms with Crippen molar-refractivity contribution in [3.63, 3.8) is 0 Å². The van der Waals surface area contributed by atoms with Crippen molar-refractivity contribution in [2.24, 2.45) is 5.73 Å². The summed E-state index contributed by atoms with van der Waals surface area (Å²) in [5.74, 6) is -0.527. The molecular formula is C18H22ClFN2O. The predicted molar refractivity (Wildman–Crippen MR) is 93.2 cm³/mol. The van der Waals surface area contributed by atoms with Gasteiger partial charge in [-0.1, -0.05) is 36.4 Å². The first kappa shape index (κ1) is 19.1. The van der Waals surface area contributed by atoms with E-state index in [0.717, 1.165) is 5.56 Å². The smallest absolute Gasteiger partial charge is 0.254 e. The van der Waals surface area contributed by atoms with Crippen LogP contribution in [0.15, 0.2) is 48.5 Å². The number of nitrogens with zero attached hydrogens (tertiary/aromatic N) is 1. The van der Waals surface area contributed by atoms with Gasteiger partial charge in [-0.05, 0) is 43.1 Å². The first-order valence-corrected chi connectivity index (χ1v) is 7.41. The van der Waals surface area contributed by atoms with E-state index in [1.807, 2.05) is 30.3 Å². The quantitative estimate of drug-likeness (QED) is 0.877. The third-order valence-corrected chi connectivity index (χ3v) is 3.55. The van der Waals surface area contributed by atoms with Crippen LogP contribution >= 0.6 is 12.4 Å². The van der Waals surface area contributed by atoms with Crippen LogP contribution < -0.4 is 5.73 Å². The molecule has 2 aromatic rings. The van der Waals surface area contributed by atoms with Crippen molar-refractivity contribution < 1.29 is 9.18 Å². The summed E-state index contributed by atoms with van der Waals surface area (Å²) in [7, 11) is 0. The molecule has 0 aliphatic heterocycles. The van der Waals surface area contributed by atoms with Crippen LogP contribution in [0, 0.1) is 12.7 Å². The van der Waals surface area contributed by atoms with E-state index >= 15 is 0 Å². The van der Waals surface area contributed by atoms with Gasteiger partial charge >= 0.3 is 0 Å². The minimum atomic E-state index is -0.357. The van der Waals surface area contributed by atoms with Gasteiger partial charge < -0.3 is 10.6 Å². The Bertz CT molecular complexity index is 634. The van der Waals surface area contributed by atoms with Crippen LogP contribution in [0.25, 0.3) is 0 Å². The topological polar surface area (TPSA) is 46.3 Å². The van der Waals surface area contributed by atoms with Gasteiger partial charge in [-0.2, -0.15) is 0 Å². The fourth-order valence-corrected chi connectivity index (χ4v) is 2.25. The number of rotatable bonds is 6. The number of aryl methyl sites for hydroxylation is 1. The summed E-state index contributed by atoms with van der Waals surface area (Å²) in [4.78, 5) is 14.4. The second-order valence-electron chi connectivity index (χ2n) is 5.32. The van der Waals surface area contributed by atoms with Crippen LogP contribution in [0.1, 0.15) is 27.9 Å². The first-order chi connectivity index (χ1) is 10.6. The zero-order chi connectivity index (χ0) is 15.9. The molecule has 1 amide bonds. The molecular weight excluding hydrogens is 315 g/mol. The molecule has 0 unspecified atom stereocenters. The summed E-state index contributed by atoms with van der Waals surface area (Å²) in [5, 5.41) is 0. The molecule has 0 bridgehead atoms. The fraction of sp³-hybridized carbons (Fsp3) is 0.278. The molecule has 0 fully saturated rings. The maximum Gasteiger partial charge on any atom is 0.254 e. The van der Waals surface area contributed by atoms with Crippen molar-refractivity contribution >= 4 is 18.3 Å². The van der Waals surface area contributed by atoms with Gasteiger partial charge in [-0.15, -0.1) is 12.4 Å². The molecule has 0 saturated heterocycles. The monoisotopic (exact) mass is 336 g/mol. The highest BCUT2D eigenvalue weighted by atomic mass is 35.5. The lowest BCUT2D eigenvalue weighted by Gasteiger charge is -2.23. The zero-order valence-corrected chi connectivity index (χ0v) is 14.0. The third-order valence-electron chi connectivity index (χ3n) is 3.55. The maximum absolute atomic E-state index is 13.7. The fourth-order valence-electron chi connectivity index (χ4n) is 2.25. The van der Waals surface area contributed by atoms with Gasteiger partial charge in [0.1, 0.15) is 5.82 Å². The van der Waals surface area contributed by atoms with Crippen LogP contribution in [-0.4, -0.2) is 23.9 Å². The summed E-state index contributed by atoms with van der Waals surface area (Å²) in [6.07, 6.45) is 0.715. The molecule has 23 heavy (non-hydrogen) atoms. The Morgan fingerprint density at radius 1 is 1.17 bits per heavy atom. The zero-order valence-electron chi connectivity index (χ0n) is 13.2. The Labute approximate surface area is 142 Å². The second kappa shape index (κ2) is 9.28. The molecule has 0 radical (unpaired) electrons. The van der Waals surface area contributed by atoms with Gasteiger partial charge in [0.2, 0.25) is 0 Å². The van der Waals surface area contributed by atoms with Crippen molar-refractivity contribution in [3.8, 4) is 0 Å². The summed E-state index contributed by atoms with van der Waals surface area (Å²) < 4.78 is 13.7. The Kier molecular flexibility index (Phi) is 7.72. The van der Waals surface area contributed by atoms with E-state index in [9.17, 15) is 9.18 Å². The molecule has 0 aliphatic carbocycles. The highest BCUT2D eigenvalue weighted by Crippen LogP contribution is 2.14. The Hall–Kier alpha value is -1.91. The summed E-state index contributed by atoms with van der Waals surface area (Å²) in [6, 6.07) is 14.4. The number of hydrogen-bond acceptors (Lipinski definition) is 2. The van der Waals surface area contributed by atoms with E-state index in [1.165, 1.54) is 6.07 Å². The van der Waals surface area contributed by atoms with Crippen LogP contribution in [0.3, 0.4) is 0 Å². The van der Waals surface area contributed by atoms with Crippen LogP contribution in [0.4, 0.5) is 4.39 Å². The molecule has 3 nitrogen and oxygen atoms in total. The lowest BCUT2D eigenvalue weighted by atomic mass is 10.1. The molecule has 0 heterocycles. The molecule has 0 aromatic heterocycles. The normalized spacial score (nSPS) is 10.0. The van der Waals surface area contributed by atoms with Crippen LogP contribution in [0.5, 0.6) is 0 Å². The van der Waals surface area contributed by atoms with Gasteiger partial charge in [0, 0.05) is 18.7 Å². The number of halogens is 2. The van der Waals surface area contributed by atoms with E-state index in [1.54, 1.807) is 24.0 Å². The minimum absolute atomic E-state index is 0. The molecule has 2 aromatic carbocycles. The second-order valence-corrected chi connectivity index (χ2v) is 5.32. The van der Waals surface area contributed by atoms with Crippen molar-refractivity contribution in [3.05, 3.63) is 71.0 Å². The number of carbonyl (C=O) groups excluding carboxylic acids is 1. The highest BCUT2D eigenvalue weighted by molar-refractivity contribution is 5.94. The predicted octanol–water partition coefficient (Wildman–Crippen LogP) is 3.55. The Morgan fingerprint density at radius 3 is 2.48 bits per heavy atom. The van der Waals surface area contributed by atoms with Gasteiger partial charge in [0.25, 0.3) is 5.91 Å². The molecule has 0 atom stereocenters. The minimum Gasteiger partial charge on any atom is -0.334 e. The summed E-state index contributed by atoms with van der Waals surface area (Å²) in [5.41, 5.74) is 7.50. The standard InChI is InChI=1S/C18H21FN2O.ClH/c1-14-8-9-16(12-17(14)19)18(22)21(11-5-10-20)13-15-6-3-2-4-7-15;/h2-4,6-9,12H,5,10-11,13,20H2,1H3;1H. The average molecular weight is 337 g/mol. The summed E-state index contributed by atoms with van der Waals surface area (Å²) >= 11 is 0. The lowest BCUT2D eigenvalue weighted by molar-refractivity contribution is 0.0741. The molecule has 0 saturated carbocycles. The lowest BCUT2D eigenvalue weighted by Crippen LogP contribution is -2.32. The van der Waals surface area contributed by atoms with E-state index in [4.69, 9.17) is 5.73 Å². The van der Waals surface area contributed by atoms with Crippen molar-refractivity contribution in [1.82, 2.24) is 4.90 Å². The first-order valence-electron chi connectivity index (χ1n) is 7.41. The molecule has 0 aliphatic rings. The molecule has 0 spiro atoms.